The van der Waals surface area contributed by atoms with E-state index in [4.69, 9.17) is 5.26 Å². The monoisotopic (exact) mass is 177 g/mol. The van der Waals surface area contributed by atoms with Crippen LogP contribution in [0.5, 0.6) is 0 Å². The highest BCUT2D eigenvalue weighted by atomic mass is 15.6. The molecule has 0 N–H and O–H groups in total. The SMILES string of the molecule is C=CCn1nnc(C(C)(C)C#N)n1. The van der Waals surface area contributed by atoms with Crippen molar-refractivity contribution in [1.29, 1.82) is 5.26 Å². The fourth-order valence-corrected chi connectivity index (χ4v) is 0.736. The summed E-state index contributed by atoms with van der Waals surface area (Å²) in [5.41, 5.74) is -0.681. The molecule has 1 heterocycles. The van der Waals surface area contributed by atoms with Crippen LogP contribution < -0.4 is 0 Å². The van der Waals surface area contributed by atoms with Crippen LogP contribution in [0.25, 0.3) is 0 Å². The Kier molecular flexibility index (Phi) is 2.42. The molecule has 0 amide bonds. The largest absolute Gasteiger partial charge is 0.197 e. The number of tetrazole rings is 1. The molecule has 0 aliphatic carbocycles. The van der Waals surface area contributed by atoms with Gasteiger partial charge in [-0.3, -0.25) is 0 Å². The first kappa shape index (κ1) is 9.39. The number of nitrogens with zero attached hydrogens (tertiary/aromatic N) is 5. The maximum absolute atomic E-state index is 8.80. The Hall–Kier alpha value is -1.70. The normalized spacial score (nSPS) is 10.8. The average molecular weight is 177 g/mol. The molecule has 5 nitrogen and oxygen atoms in total. The van der Waals surface area contributed by atoms with Crippen LogP contribution in [0.4, 0.5) is 0 Å². The molecule has 0 aliphatic rings. The van der Waals surface area contributed by atoms with E-state index >= 15 is 0 Å². The smallest absolute Gasteiger partial charge is 0.194 e. The van der Waals surface area contributed by atoms with Crippen LogP contribution in [0.15, 0.2) is 12.7 Å². The lowest BCUT2D eigenvalue weighted by molar-refractivity contribution is 0.569. The summed E-state index contributed by atoms with van der Waals surface area (Å²) in [6.45, 7) is 7.57. The van der Waals surface area contributed by atoms with Crippen molar-refractivity contribution in [3.05, 3.63) is 18.5 Å². The zero-order valence-corrected chi connectivity index (χ0v) is 7.73. The van der Waals surface area contributed by atoms with Gasteiger partial charge in [-0.1, -0.05) is 6.08 Å². The topological polar surface area (TPSA) is 67.4 Å². The Morgan fingerprint density at radius 1 is 1.69 bits per heavy atom. The fourth-order valence-electron chi connectivity index (χ4n) is 0.736. The molecule has 0 unspecified atom stereocenters. The van der Waals surface area contributed by atoms with Crippen LogP contribution in [0, 0.1) is 11.3 Å². The molecule has 1 rings (SSSR count). The van der Waals surface area contributed by atoms with Crippen LogP contribution in [-0.4, -0.2) is 20.2 Å². The third kappa shape index (κ3) is 1.90. The van der Waals surface area contributed by atoms with Crippen molar-refractivity contribution in [2.45, 2.75) is 25.8 Å². The second kappa shape index (κ2) is 3.35. The van der Waals surface area contributed by atoms with Gasteiger partial charge in [-0.05, 0) is 19.1 Å². The predicted octanol–water partition coefficient (Wildman–Crippen LogP) is 0.660. The average Bonchev–Trinajstić information content (AvgIpc) is 2.54. The molecule has 0 saturated heterocycles. The van der Waals surface area contributed by atoms with E-state index < -0.39 is 5.41 Å². The van der Waals surface area contributed by atoms with E-state index in [1.807, 2.05) is 0 Å². The van der Waals surface area contributed by atoms with Crippen molar-refractivity contribution in [2.75, 3.05) is 0 Å². The second-order valence-electron chi connectivity index (χ2n) is 3.19. The van der Waals surface area contributed by atoms with E-state index in [9.17, 15) is 0 Å². The summed E-state index contributed by atoms with van der Waals surface area (Å²) in [7, 11) is 0. The minimum atomic E-state index is -0.681. The molecule has 68 valence electrons. The van der Waals surface area contributed by atoms with Crippen molar-refractivity contribution in [1.82, 2.24) is 20.2 Å². The van der Waals surface area contributed by atoms with E-state index in [-0.39, 0.29) is 0 Å². The molecule has 1 aromatic rings. The lowest BCUT2D eigenvalue weighted by atomic mass is 9.95. The lowest BCUT2D eigenvalue weighted by Crippen LogP contribution is -2.16. The molecular formula is C8H11N5. The molecule has 1 aromatic heterocycles. The van der Waals surface area contributed by atoms with Gasteiger partial charge in [0.2, 0.25) is 0 Å². The minimum absolute atomic E-state index is 0.442. The fraction of sp³-hybridized carbons (Fsp3) is 0.500. The van der Waals surface area contributed by atoms with Gasteiger partial charge < -0.3 is 0 Å². The highest BCUT2D eigenvalue weighted by Crippen LogP contribution is 2.16. The first-order chi connectivity index (χ1) is 6.10. The first-order valence-electron chi connectivity index (χ1n) is 3.90. The van der Waals surface area contributed by atoms with Gasteiger partial charge in [-0.25, -0.2) is 0 Å². The van der Waals surface area contributed by atoms with Crippen molar-refractivity contribution in [3.8, 4) is 6.07 Å². The van der Waals surface area contributed by atoms with E-state index in [1.54, 1.807) is 19.9 Å². The third-order valence-electron chi connectivity index (χ3n) is 1.58. The van der Waals surface area contributed by atoms with E-state index in [1.165, 1.54) is 4.80 Å². The standard InChI is InChI=1S/C8H11N5/c1-4-5-13-11-7(10-12-13)8(2,3)6-9/h4H,1,5H2,2-3H3. The Labute approximate surface area is 76.7 Å². The van der Waals surface area contributed by atoms with Crippen molar-refractivity contribution >= 4 is 0 Å². The van der Waals surface area contributed by atoms with Gasteiger partial charge in [0, 0.05) is 0 Å². The van der Waals surface area contributed by atoms with Crippen LogP contribution in [0.1, 0.15) is 19.7 Å². The van der Waals surface area contributed by atoms with Gasteiger partial charge in [0.25, 0.3) is 0 Å². The highest BCUT2D eigenvalue weighted by Gasteiger charge is 2.25. The van der Waals surface area contributed by atoms with Crippen molar-refractivity contribution < 1.29 is 0 Å². The summed E-state index contributed by atoms with van der Waals surface area (Å²) in [4.78, 5) is 1.40. The van der Waals surface area contributed by atoms with Crippen molar-refractivity contribution in [2.24, 2.45) is 0 Å². The summed E-state index contributed by atoms with van der Waals surface area (Å²) >= 11 is 0. The third-order valence-corrected chi connectivity index (χ3v) is 1.58. The van der Waals surface area contributed by atoms with Gasteiger partial charge in [0.15, 0.2) is 5.82 Å². The van der Waals surface area contributed by atoms with Crippen LogP contribution in [-0.2, 0) is 12.0 Å². The Morgan fingerprint density at radius 2 is 2.38 bits per heavy atom. The molecule has 0 fully saturated rings. The second-order valence-corrected chi connectivity index (χ2v) is 3.19. The number of rotatable bonds is 3. The molecule has 0 saturated carbocycles. The Bertz CT molecular complexity index is 344. The van der Waals surface area contributed by atoms with Gasteiger partial charge >= 0.3 is 0 Å². The number of nitriles is 1. The molecule has 5 heteroatoms. The van der Waals surface area contributed by atoms with Crippen LogP contribution >= 0.6 is 0 Å². The number of aromatic nitrogens is 4. The molecule has 0 radical (unpaired) electrons. The van der Waals surface area contributed by atoms with E-state index in [0.29, 0.717) is 12.4 Å². The molecule has 0 aliphatic heterocycles. The maximum atomic E-state index is 8.80. The zero-order valence-electron chi connectivity index (χ0n) is 7.73. The number of allylic oxidation sites excluding steroid dienone is 1. The molecule has 0 aromatic carbocycles. The van der Waals surface area contributed by atoms with Gasteiger partial charge in [-0.2, -0.15) is 10.1 Å². The van der Waals surface area contributed by atoms with Gasteiger partial charge in [0.1, 0.15) is 5.41 Å². The van der Waals surface area contributed by atoms with Crippen LogP contribution in [0.2, 0.25) is 0 Å². The molecule has 0 spiro atoms. The van der Waals surface area contributed by atoms with E-state index in [0.717, 1.165) is 0 Å². The first-order valence-corrected chi connectivity index (χ1v) is 3.90. The summed E-state index contributed by atoms with van der Waals surface area (Å²) in [6, 6.07) is 2.11. The van der Waals surface area contributed by atoms with E-state index in [2.05, 4.69) is 28.1 Å². The van der Waals surface area contributed by atoms with Crippen molar-refractivity contribution in [3.63, 3.8) is 0 Å². The molecule has 13 heavy (non-hydrogen) atoms. The Balaban J connectivity index is 2.93. The zero-order chi connectivity index (χ0) is 9.90. The number of hydrogen-bond donors (Lipinski definition) is 0. The molecular weight excluding hydrogens is 166 g/mol. The highest BCUT2D eigenvalue weighted by molar-refractivity contribution is 5.13. The minimum Gasteiger partial charge on any atom is -0.197 e. The molecule has 0 atom stereocenters. The summed E-state index contributed by atoms with van der Waals surface area (Å²) < 4.78 is 0. The summed E-state index contributed by atoms with van der Waals surface area (Å²) in [5.74, 6) is 0.442. The predicted molar refractivity (Wildman–Crippen MR) is 46.7 cm³/mol. The summed E-state index contributed by atoms with van der Waals surface area (Å²) in [6.07, 6.45) is 1.67. The summed E-state index contributed by atoms with van der Waals surface area (Å²) in [5, 5.41) is 20.4. The quantitative estimate of drug-likeness (QED) is 0.636. The lowest BCUT2D eigenvalue weighted by Gasteiger charge is -2.07. The van der Waals surface area contributed by atoms with Gasteiger partial charge in [0.05, 0.1) is 12.6 Å². The molecule has 0 bridgehead atoms. The maximum Gasteiger partial charge on any atom is 0.194 e. The van der Waals surface area contributed by atoms with Gasteiger partial charge in [-0.15, -0.1) is 16.8 Å². The van der Waals surface area contributed by atoms with Crippen LogP contribution in [0.3, 0.4) is 0 Å². The Morgan fingerprint density at radius 3 is 2.92 bits per heavy atom. The number of hydrogen-bond acceptors (Lipinski definition) is 4.